The Morgan fingerprint density at radius 2 is 1.96 bits per heavy atom. The number of halogens is 6. The molecule has 6 heterocycles. The van der Waals surface area contributed by atoms with Crippen LogP contribution in [0.5, 0.6) is 11.9 Å². The summed E-state index contributed by atoms with van der Waals surface area (Å²) >= 11 is 6.03. The number of nitrogens with two attached hydrogens (primary N) is 1. The monoisotopic (exact) mass is 652 g/mol. The second-order valence-corrected chi connectivity index (χ2v) is 13.3. The van der Waals surface area contributed by atoms with Crippen LogP contribution in [0.25, 0.3) is 22.2 Å². The Morgan fingerprint density at radius 3 is 2.73 bits per heavy atom. The SMILES string of the molecule is Nc1cc(Cl)c(C(F)(F)F)c(-c2nc3c4c(nc(OC[C@@]56CCCN5C[C@H](F)C6)nc4c2F)N2CCOCC2C2(CC2)CO3)c1. The van der Waals surface area contributed by atoms with Gasteiger partial charge in [0, 0.05) is 36.2 Å². The minimum atomic E-state index is -4.94. The van der Waals surface area contributed by atoms with Crippen molar-refractivity contribution in [3.05, 3.63) is 28.5 Å². The molecule has 2 aromatic heterocycles. The van der Waals surface area contributed by atoms with E-state index in [9.17, 15) is 17.6 Å². The lowest BCUT2D eigenvalue weighted by Gasteiger charge is -2.43. The van der Waals surface area contributed by atoms with Crippen LogP contribution in [0.15, 0.2) is 12.1 Å². The van der Waals surface area contributed by atoms with E-state index in [1.54, 1.807) is 0 Å². The van der Waals surface area contributed by atoms with Gasteiger partial charge in [0.15, 0.2) is 5.82 Å². The molecule has 0 bridgehead atoms. The Kier molecular flexibility index (Phi) is 6.57. The van der Waals surface area contributed by atoms with E-state index < -0.39 is 45.5 Å². The fraction of sp³-hybridized carbons (Fsp3) is 0.567. The normalized spacial score (nSPS) is 27.2. The Hall–Kier alpha value is -3.23. The van der Waals surface area contributed by atoms with E-state index in [4.69, 9.17) is 36.5 Å². The highest BCUT2D eigenvalue weighted by atomic mass is 35.5. The quantitative estimate of drug-likeness (QED) is 0.293. The summed E-state index contributed by atoms with van der Waals surface area (Å²) in [5, 5.41) is -0.564. The largest absolute Gasteiger partial charge is 0.476 e. The van der Waals surface area contributed by atoms with Crippen LogP contribution < -0.4 is 20.1 Å². The van der Waals surface area contributed by atoms with Crippen LogP contribution >= 0.6 is 11.6 Å². The zero-order valence-corrected chi connectivity index (χ0v) is 24.9. The fourth-order valence-electron chi connectivity index (χ4n) is 7.72. The van der Waals surface area contributed by atoms with Gasteiger partial charge in [-0.3, -0.25) is 4.90 Å². The Morgan fingerprint density at radius 1 is 1.13 bits per heavy atom. The lowest BCUT2D eigenvalue weighted by Crippen LogP contribution is -2.53. The maximum Gasteiger partial charge on any atom is 0.418 e. The molecule has 9 nitrogen and oxygen atoms in total. The van der Waals surface area contributed by atoms with Crippen LogP contribution in [0.2, 0.25) is 5.02 Å². The van der Waals surface area contributed by atoms with E-state index in [1.165, 1.54) is 0 Å². The van der Waals surface area contributed by atoms with Crippen molar-refractivity contribution in [3.8, 4) is 23.1 Å². The lowest BCUT2D eigenvalue weighted by molar-refractivity contribution is -0.137. The number of ether oxygens (including phenoxy) is 3. The summed E-state index contributed by atoms with van der Waals surface area (Å²) in [5.41, 5.74) is 2.08. The van der Waals surface area contributed by atoms with Crippen molar-refractivity contribution in [2.45, 2.75) is 56.0 Å². The predicted octanol–water partition coefficient (Wildman–Crippen LogP) is 5.42. The number of morpholine rings is 1. The first-order valence-electron chi connectivity index (χ1n) is 15.0. The van der Waals surface area contributed by atoms with Crippen molar-refractivity contribution in [2.75, 3.05) is 56.7 Å². The van der Waals surface area contributed by atoms with E-state index in [0.29, 0.717) is 38.5 Å². The molecule has 3 aromatic rings. The Labute approximate surface area is 259 Å². The van der Waals surface area contributed by atoms with Crippen LogP contribution in [-0.4, -0.2) is 83.7 Å². The number of hydrogen-bond donors (Lipinski definition) is 1. The predicted molar refractivity (Wildman–Crippen MR) is 155 cm³/mol. The van der Waals surface area contributed by atoms with Gasteiger partial charge in [-0.15, -0.1) is 0 Å². The number of pyridine rings is 1. The molecule has 2 N–H and O–H groups in total. The third kappa shape index (κ3) is 4.65. The summed E-state index contributed by atoms with van der Waals surface area (Å²) in [4.78, 5) is 17.6. The first-order valence-corrected chi connectivity index (χ1v) is 15.4. The summed E-state index contributed by atoms with van der Waals surface area (Å²) in [7, 11) is 0. The molecule has 1 aromatic carbocycles. The van der Waals surface area contributed by atoms with Crippen molar-refractivity contribution < 1.29 is 36.2 Å². The number of benzene rings is 1. The molecule has 3 saturated heterocycles. The topological polar surface area (TPSA) is 98.9 Å². The van der Waals surface area contributed by atoms with E-state index in [-0.39, 0.29) is 53.2 Å². The molecular weight excluding hydrogens is 623 g/mol. The van der Waals surface area contributed by atoms with Gasteiger partial charge >= 0.3 is 12.2 Å². The van der Waals surface area contributed by atoms with Gasteiger partial charge in [-0.05, 0) is 44.4 Å². The molecule has 15 heteroatoms. The third-order valence-electron chi connectivity index (χ3n) is 10.1. The van der Waals surface area contributed by atoms with Gasteiger partial charge in [0.25, 0.3) is 0 Å². The number of alkyl halides is 4. The summed E-state index contributed by atoms with van der Waals surface area (Å²) in [6.07, 6.45) is -2.32. The zero-order valence-electron chi connectivity index (χ0n) is 24.1. The van der Waals surface area contributed by atoms with Crippen molar-refractivity contribution in [3.63, 3.8) is 0 Å². The smallest absolute Gasteiger partial charge is 0.418 e. The summed E-state index contributed by atoms with van der Waals surface area (Å²) in [6.45, 7) is 2.59. The van der Waals surface area contributed by atoms with Gasteiger partial charge in [0.05, 0.1) is 42.0 Å². The maximum atomic E-state index is 16.7. The summed E-state index contributed by atoms with van der Waals surface area (Å²) < 4.78 is 92.2. The molecule has 1 unspecified atom stereocenters. The molecule has 1 aliphatic carbocycles. The van der Waals surface area contributed by atoms with Crippen LogP contribution in [-0.2, 0) is 10.9 Å². The average molecular weight is 653 g/mol. The number of rotatable bonds is 4. The molecule has 5 aliphatic rings. The highest BCUT2D eigenvalue weighted by molar-refractivity contribution is 6.32. The van der Waals surface area contributed by atoms with Gasteiger partial charge in [0.2, 0.25) is 5.88 Å². The van der Waals surface area contributed by atoms with E-state index in [0.717, 1.165) is 44.4 Å². The number of hydrogen-bond acceptors (Lipinski definition) is 9. The summed E-state index contributed by atoms with van der Waals surface area (Å²) in [6, 6.07) is 1.65. The van der Waals surface area contributed by atoms with Gasteiger partial charge < -0.3 is 24.8 Å². The second-order valence-electron chi connectivity index (χ2n) is 12.9. The summed E-state index contributed by atoms with van der Waals surface area (Å²) in [5.74, 6) is -0.920. The fourth-order valence-corrected chi connectivity index (χ4v) is 8.05. The lowest BCUT2D eigenvalue weighted by atomic mass is 9.94. The number of anilines is 2. The van der Waals surface area contributed by atoms with Crippen molar-refractivity contribution in [1.29, 1.82) is 0 Å². The van der Waals surface area contributed by atoms with Gasteiger partial charge in [-0.2, -0.15) is 23.1 Å². The minimum Gasteiger partial charge on any atom is -0.476 e. The molecule has 0 radical (unpaired) electrons. The molecule has 0 amide bonds. The first-order chi connectivity index (χ1) is 21.5. The van der Waals surface area contributed by atoms with E-state index >= 15 is 4.39 Å². The third-order valence-corrected chi connectivity index (χ3v) is 10.4. The highest BCUT2D eigenvalue weighted by Gasteiger charge is 2.55. The zero-order chi connectivity index (χ0) is 31.3. The first kappa shape index (κ1) is 29.2. The number of fused-ring (bicyclic) bond motifs is 4. The van der Waals surface area contributed by atoms with Crippen molar-refractivity contribution in [2.24, 2.45) is 5.41 Å². The molecule has 8 rings (SSSR count). The van der Waals surface area contributed by atoms with Crippen molar-refractivity contribution >= 4 is 34.0 Å². The van der Waals surface area contributed by atoms with Gasteiger partial charge in [-0.1, -0.05) is 11.6 Å². The van der Waals surface area contributed by atoms with Crippen LogP contribution in [0.1, 0.15) is 37.7 Å². The molecule has 4 fully saturated rings. The van der Waals surface area contributed by atoms with Crippen LogP contribution in [0.3, 0.4) is 0 Å². The second kappa shape index (κ2) is 10.1. The van der Waals surface area contributed by atoms with Gasteiger partial charge in [-0.25, -0.2) is 13.8 Å². The number of nitrogens with zero attached hydrogens (tertiary/aromatic N) is 5. The van der Waals surface area contributed by atoms with Gasteiger partial charge in [0.1, 0.15) is 35.2 Å². The van der Waals surface area contributed by atoms with Crippen LogP contribution in [0.4, 0.5) is 33.5 Å². The average Bonchev–Trinajstić information content (AvgIpc) is 3.58. The minimum absolute atomic E-state index is 0.0841. The standard InChI is InChI=1S/C30H30ClF5N6O3/c31-18-9-16(37)8-17(21(18)30(34,35)36)23-22(33)24-20-25(40-27(39-24)45-14-29-2-1-5-41(29)11-15(32)10-29)42-6-7-43-12-19(42)28(3-4-28)13-44-26(20)38-23/h8-9,15,19H,1-7,10-14,37H2/t15-,19?,29+/m1/s1. The molecule has 240 valence electrons. The molecule has 3 atom stereocenters. The highest BCUT2D eigenvalue weighted by Crippen LogP contribution is 2.55. The van der Waals surface area contributed by atoms with E-state index in [2.05, 4.69) is 14.9 Å². The molecule has 45 heavy (non-hydrogen) atoms. The van der Waals surface area contributed by atoms with Crippen LogP contribution in [0, 0.1) is 11.2 Å². The Balaban J connectivity index is 1.33. The Bertz CT molecular complexity index is 1710. The molecule has 1 spiro atoms. The maximum absolute atomic E-state index is 16.7. The van der Waals surface area contributed by atoms with E-state index in [1.807, 2.05) is 4.90 Å². The molecule has 1 saturated carbocycles. The van der Waals surface area contributed by atoms with Crippen molar-refractivity contribution in [1.82, 2.24) is 19.9 Å². The number of nitrogen functional groups attached to an aromatic ring is 1. The molecule has 4 aliphatic heterocycles. The molecular formula is C30H30ClF5N6O3. The number of aromatic nitrogens is 3.